The summed E-state index contributed by atoms with van der Waals surface area (Å²) in [5.74, 6) is 0. The Morgan fingerprint density at radius 1 is 1.00 bits per heavy atom. The normalized spacial score (nSPS) is 11.4. The second kappa shape index (κ2) is 5.52. The lowest BCUT2D eigenvalue weighted by molar-refractivity contribution is 0.297. The van der Waals surface area contributed by atoms with Crippen LogP contribution in [0.3, 0.4) is 0 Å². The van der Waals surface area contributed by atoms with Crippen LogP contribution in [0.4, 0.5) is 0 Å². The predicted octanol–water partition coefficient (Wildman–Crippen LogP) is 4.02. The van der Waals surface area contributed by atoms with Gasteiger partial charge in [-0.3, -0.25) is 4.57 Å². The number of fused-ring (bicyclic) bond motifs is 3. The highest BCUT2D eigenvalue weighted by Crippen LogP contribution is 2.29. The van der Waals surface area contributed by atoms with Gasteiger partial charge in [-0.25, -0.2) is 4.98 Å². The van der Waals surface area contributed by atoms with Crippen molar-refractivity contribution in [2.24, 2.45) is 0 Å². The smallest absolute Gasteiger partial charge is 0.145 e. The second-order valence-electron chi connectivity index (χ2n) is 5.86. The zero-order valence-electron chi connectivity index (χ0n) is 13.0. The Kier molecular flexibility index (Phi) is 3.36. The summed E-state index contributed by atoms with van der Waals surface area (Å²) in [4.78, 5) is 4.69. The van der Waals surface area contributed by atoms with Crippen molar-refractivity contribution in [1.82, 2.24) is 9.55 Å². The van der Waals surface area contributed by atoms with E-state index in [1.54, 1.807) is 0 Å². The zero-order chi connectivity index (χ0) is 15.8. The van der Waals surface area contributed by atoms with Crippen molar-refractivity contribution in [3.05, 3.63) is 72.1 Å². The molecule has 0 aliphatic rings. The van der Waals surface area contributed by atoms with E-state index in [0.717, 1.165) is 27.8 Å². The van der Waals surface area contributed by atoms with Crippen LogP contribution in [-0.2, 0) is 6.42 Å². The molecule has 2 aromatic heterocycles. The SMILES string of the molecule is Cc1ccc(-n2c(CCO)cc3c4ccccc4cnc32)cc1. The van der Waals surface area contributed by atoms with Crippen LogP contribution in [0, 0.1) is 6.92 Å². The van der Waals surface area contributed by atoms with E-state index in [1.165, 1.54) is 10.9 Å². The molecular weight excluding hydrogens is 284 g/mol. The number of hydrogen-bond donors (Lipinski definition) is 1. The minimum Gasteiger partial charge on any atom is -0.396 e. The summed E-state index contributed by atoms with van der Waals surface area (Å²) in [6.07, 6.45) is 2.53. The Bertz CT molecular complexity index is 984. The van der Waals surface area contributed by atoms with Crippen LogP contribution in [0.5, 0.6) is 0 Å². The number of benzene rings is 2. The third-order valence-corrected chi connectivity index (χ3v) is 4.29. The molecule has 2 aromatic carbocycles. The van der Waals surface area contributed by atoms with Gasteiger partial charge in [0.1, 0.15) is 5.65 Å². The van der Waals surface area contributed by atoms with Gasteiger partial charge in [0, 0.05) is 41.4 Å². The number of pyridine rings is 1. The van der Waals surface area contributed by atoms with Gasteiger partial charge in [0.15, 0.2) is 0 Å². The standard InChI is InChI=1S/C20H18N2O/c1-14-6-8-16(9-7-14)22-17(10-11-23)12-19-18-5-3-2-4-15(18)13-21-20(19)22/h2-9,12-13,23H,10-11H2,1H3. The van der Waals surface area contributed by atoms with Gasteiger partial charge in [0.2, 0.25) is 0 Å². The highest BCUT2D eigenvalue weighted by atomic mass is 16.3. The van der Waals surface area contributed by atoms with E-state index < -0.39 is 0 Å². The van der Waals surface area contributed by atoms with Crippen LogP contribution >= 0.6 is 0 Å². The third-order valence-electron chi connectivity index (χ3n) is 4.29. The van der Waals surface area contributed by atoms with Crippen molar-refractivity contribution in [2.75, 3.05) is 6.61 Å². The van der Waals surface area contributed by atoms with Gasteiger partial charge >= 0.3 is 0 Å². The monoisotopic (exact) mass is 302 g/mol. The fraction of sp³-hybridized carbons (Fsp3) is 0.150. The van der Waals surface area contributed by atoms with Crippen molar-refractivity contribution in [3.63, 3.8) is 0 Å². The molecule has 0 amide bonds. The number of nitrogens with zero attached hydrogens (tertiary/aromatic N) is 2. The molecule has 0 saturated heterocycles. The van der Waals surface area contributed by atoms with Crippen LogP contribution in [-0.4, -0.2) is 21.3 Å². The van der Waals surface area contributed by atoms with E-state index in [0.29, 0.717) is 6.42 Å². The Labute approximate surface area is 134 Å². The minimum absolute atomic E-state index is 0.125. The molecule has 2 heterocycles. The molecular formula is C20H18N2O. The van der Waals surface area contributed by atoms with Crippen LogP contribution in [0.2, 0.25) is 0 Å². The second-order valence-corrected chi connectivity index (χ2v) is 5.86. The van der Waals surface area contributed by atoms with Crippen LogP contribution < -0.4 is 0 Å². The first-order valence-electron chi connectivity index (χ1n) is 7.84. The summed E-state index contributed by atoms with van der Waals surface area (Å²) in [7, 11) is 0. The maximum atomic E-state index is 9.44. The highest BCUT2D eigenvalue weighted by molar-refractivity contribution is 6.05. The lowest BCUT2D eigenvalue weighted by atomic mass is 10.1. The lowest BCUT2D eigenvalue weighted by Crippen LogP contribution is -2.03. The first-order chi connectivity index (χ1) is 11.3. The maximum absolute atomic E-state index is 9.44. The van der Waals surface area contributed by atoms with Gasteiger partial charge in [-0.1, -0.05) is 42.0 Å². The Balaban J connectivity index is 2.06. The first kappa shape index (κ1) is 14.0. The Morgan fingerprint density at radius 3 is 2.57 bits per heavy atom. The van der Waals surface area contributed by atoms with E-state index in [2.05, 4.69) is 60.0 Å². The molecule has 0 bridgehead atoms. The number of aliphatic hydroxyl groups excluding tert-OH is 1. The zero-order valence-corrected chi connectivity index (χ0v) is 13.0. The summed E-state index contributed by atoms with van der Waals surface area (Å²) in [5, 5.41) is 12.9. The highest BCUT2D eigenvalue weighted by Gasteiger charge is 2.13. The summed E-state index contributed by atoms with van der Waals surface area (Å²) in [6.45, 7) is 2.21. The van der Waals surface area contributed by atoms with E-state index in [-0.39, 0.29) is 6.61 Å². The maximum Gasteiger partial charge on any atom is 0.145 e. The quantitative estimate of drug-likeness (QED) is 0.620. The molecule has 0 unspecified atom stereocenters. The van der Waals surface area contributed by atoms with E-state index >= 15 is 0 Å². The van der Waals surface area contributed by atoms with Crippen molar-refractivity contribution in [1.29, 1.82) is 0 Å². The van der Waals surface area contributed by atoms with Gasteiger partial charge in [0.05, 0.1) is 0 Å². The molecule has 1 N–H and O–H groups in total. The largest absolute Gasteiger partial charge is 0.396 e. The number of rotatable bonds is 3. The van der Waals surface area contributed by atoms with Gasteiger partial charge in [0.25, 0.3) is 0 Å². The fourth-order valence-corrected chi connectivity index (χ4v) is 3.14. The van der Waals surface area contributed by atoms with Crippen LogP contribution in [0.25, 0.3) is 27.5 Å². The summed E-state index contributed by atoms with van der Waals surface area (Å²) < 4.78 is 2.15. The van der Waals surface area contributed by atoms with Crippen molar-refractivity contribution in [3.8, 4) is 5.69 Å². The van der Waals surface area contributed by atoms with E-state index in [1.807, 2.05) is 12.3 Å². The molecule has 0 aliphatic carbocycles. The molecule has 0 saturated carbocycles. The van der Waals surface area contributed by atoms with Crippen LogP contribution in [0.1, 0.15) is 11.3 Å². The fourth-order valence-electron chi connectivity index (χ4n) is 3.14. The molecule has 0 atom stereocenters. The van der Waals surface area contributed by atoms with Crippen molar-refractivity contribution >= 4 is 21.8 Å². The first-order valence-corrected chi connectivity index (χ1v) is 7.84. The number of aryl methyl sites for hydroxylation is 1. The molecule has 4 aromatic rings. The van der Waals surface area contributed by atoms with Crippen LogP contribution in [0.15, 0.2) is 60.8 Å². The minimum atomic E-state index is 0.125. The molecule has 0 fully saturated rings. The lowest BCUT2D eigenvalue weighted by Gasteiger charge is -2.10. The summed E-state index contributed by atoms with van der Waals surface area (Å²) in [6, 6.07) is 18.9. The van der Waals surface area contributed by atoms with Crippen molar-refractivity contribution in [2.45, 2.75) is 13.3 Å². The van der Waals surface area contributed by atoms with Gasteiger partial charge in [-0.15, -0.1) is 0 Å². The summed E-state index contributed by atoms with van der Waals surface area (Å²) >= 11 is 0. The molecule has 3 nitrogen and oxygen atoms in total. The number of aliphatic hydroxyl groups is 1. The molecule has 0 aliphatic heterocycles. The predicted molar refractivity (Wildman–Crippen MR) is 94.1 cm³/mol. The average Bonchev–Trinajstić information content (AvgIpc) is 2.95. The topological polar surface area (TPSA) is 38.0 Å². The molecule has 114 valence electrons. The number of aromatic nitrogens is 2. The van der Waals surface area contributed by atoms with Gasteiger partial charge < -0.3 is 5.11 Å². The Hall–Kier alpha value is -2.65. The van der Waals surface area contributed by atoms with E-state index in [4.69, 9.17) is 4.98 Å². The third kappa shape index (κ3) is 2.30. The van der Waals surface area contributed by atoms with Gasteiger partial charge in [-0.2, -0.15) is 0 Å². The number of hydrogen-bond acceptors (Lipinski definition) is 2. The molecule has 23 heavy (non-hydrogen) atoms. The summed E-state index contributed by atoms with van der Waals surface area (Å²) in [5.41, 5.74) is 4.33. The van der Waals surface area contributed by atoms with Gasteiger partial charge in [-0.05, 0) is 30.5 Å². The Morgan fingerprint density at radius 2 is 1.78 bits per heavy atom. The molecule has 4 rings (SSSR count). The molecule has 3 heteroatoms. The average molecular weight is 302 g/mol. The molecule has 0 radical (unpaired) electrons. The van der Waals surface area contributed by atoms with E-state index in [9.17, 15) is 5.11 Å². The van der Waals surface area contributed by atoms with Crippen molar-refractivity contribution < 1.29 is 5.11 Å². The molecule has 0 spiro atoms.